The van der Waals surface area contributed by atoms with Gasteiger partial charge in [-0.2, -0.15) is 9.90 Å². The molecule has 1 amide bonds. The van der Waals surface area contributed by atoms with Crippen LogP contribution in [0.15, 0.2) is 41.8 Å². The molecular weight excluding hydrogens is 320 g/mol. The molecule has 0 N–H and O–H groups in total. The van der Waals surface area contributed by atoms with Gasteiger partial charge in [0.15, 0.2) is 5.69 Å². The third-order valence-electron chi connectivity index (χ3n) is 4.51. The number of hydrogen-bond acceptors (Lipinski definition) is 4. The van der Waals surface area contributed by atoms with E-state index in [9.17, 15) is 4.79 Å². The number of thiophene rings is 1. The lowest BCUT2D eigenvalue weighted by Crippen LogP contribution is -2.38. The number of benzene rings is 1. The zero-order valence-corrected chi connectivity index (χ0v) is 14.5. The van der Waals surface area contributed by atoms with Crippen molar-refractivity contribution in [3.63, 3.8) is 0 Å². The van der Waals surface area contributed by atoms with Crippen molar-refractivity contribution in [1.29, 1.82) is 0 Å². The van der Waals surface area contributed by atoms with Crippen LogP contribution in [-0.2, 0) is 6.42 Å². The molecule has 6 heteroatoms. The zero-order chi connectivity index (χ0) is 16.7. The minimum Gasteiger partial charge on any atom is -0.330 e. The first-order valence-corrected chi connectivity index (χ1v) is 8.89. The molecule has 1 aliphatic heterocycles. The van der Waals surface area contributed by atoms with Gasteiger partial charge in [0.05, 0.1) is 17.4 Å². The number of para-hydroxylation sites is 1. The average molecular weight is 338 g/mol. The van der Waals surface area contributed by atoms with Crippen molar-refractivity contribution in [2.75, 3.05) is 6.54 Å². The van der Waals surface area contributed by atoms with Gasteiger partial charge in [-0.3, -0.25) is 4.79 Å². The monoisotopic (exact) mass is 338 g/mol. The van der Waals surface area contributed by atoms with Crippen molar-refractivity contribution in [2.45, 2.75) is 26.3 Å². The van der Waals surface area contributed by atoms with Crippen LogP contribution in [0.3, 0.4) is 0 Å². The third kappa shape index (κ3) is 2.43. The number of hydrogen-bond donors (Lipinski definition) is 0. The molecule has 0 saturated heterocycles. The van der Waals surface area contributed by atoms with Crippen molar-refractivity contribution in [1.82, 2.24) is 19.9 Å². The molecule has 5 nitrogen and oxygen atoms in total. The van der Waals surface area contributed by atoms with Gasteiger partial charge in [0.1, 0.15) is 0 Å². The first-order chi connectivity index (χ1) is 11.6. The maximum atomic E-state index is 13.0. The van der Waals surface area contributed by atoms with E-state index in [1.165, 1.54) is 15.2 Å². The molecular formula is C18H18N4OS. The standard InChI is InChI=1S/C18H18N4OS/c1-12-17(20-22(19-12)14-6-4-3-5-7-14)18(23)21-10-8-16-15(13(21)2)9-11-24-16/h3-7,9,11,13H,8,10H2,1-2H3/t13-/m1/s1. The van der Waals surface area contributed by atoms with Crippen LogP contribution in [-0.4, -0.2) is 32.3 Å². The second-order valence-electron chi connectivity index (χ2n) is 5.98. The maximum Gasteiger partial charge on any atom is 0.276 e. The molecule has 0 spiro atoms. The minimum atomic E-state index is -0.0426. The average Bonchev–Trinajstić information content (AvgIpc) is 3.22. The molecule has 0 radical (unpaired) electrons. The molecule has 0 unspecified atom stereocenters. The fourth-order valence-electron chi connectivity index (χ4n) is 3.18. The number of fused-ring (bicyclic) bond motifs is 1. The first-order valence-electron chi connectivity index (χ1n) is 8.02. The molecule has 122 valence electrons. The Morgan fingerprint density at radius 2 is 2.00 bits per heavy atom. The molecule has 3 heterocycles. The van der Waals surface area contributed by atoms with Gasteiger partial charge in [0, 0.05) is 11.4 Å². The number of carbonyl (C=O) groups excluding carboxylic acids is 1. The molecule has 3 aromatic rings. The third-order valence-corrected chi connectivity index (χ3v) is 5.51. The molecule has 0 fully saturated rings. The number of amides is 1. The van der Waals surface area contributed by atoms with Gasteiger partial charge in [0.25, 0.3) is 5.91 Å². The summed E-state index contributed by atoms with van der Waals surface area (Å²) >= 11 is 1.77. The molecule has 0 saturated carbocycles. The lowest BCUT2D eigenvalue weighted by atomic mass is 10.0. The summed E-state index contributed by atoms with van der Waals surface area (Å²) < 4.78 is 0. The smallest absolute Gasteiger partial charge is 0.276 e. The minimum absolute atomic E-state index is 0.0426. The quantitative estimate of drug-likeness (QED) is 0.719. The van der Waals surface area contributed by atoms with Gasteiger partial charge in [-0.15, -0.1) is 16.4 Å². The Kier molecular flexibility index (Phi) is 3.69. The Morgan fingerprint density at radius 1 is 1.21 bits per heavy atom. The first kappa shape index (κ1) is 15.1. The SMILES string of the molecule is Cc1nn(-c2ccccc2)nc1C(=O)N1CCc2sccc2[C@H]1C. The summed E-state index contributed by atoms with van der Waals surface area (Å²) in [5.41, 5.74) is 3.20. The highest BCUT2D eigenvalue weighted by Gasteiger charge is 2.31. The van der Waals surface area contributed by atoms with Crippen molar-refractivity contribution in [3.8, 4) is 5.69 Å². The highest BCUT2D eigenvalue weighted by Crippen LogP contribution is 2.33. The summed E-state index contributed by atoms with van der Waals surface area (Å²) in [7, 11) is 0. The molecule has 24 heavy (non-hydrogen) atoms. The number of nitrogens with zero attached hydrogens (tertiary/aromatic N) is 4. The van der Waals surface area contributed by atoms with Crippen molar-refractivity contribution >= 4 is 17.2 Å². The lowest BCUT2D eigenvalue weighted by Gasteiger charge is -2.33. The van der Waals surface area contributed by atoms with Crippen LogP contribution in [0.25, 0.3) is 5.69 Å². The van der Waals surface area contributed by atoms with E-state index in [1.807, 2.05) is 42.2 Å². The number of carbonyl (C=O) groups is 1. The summed E-state index contributed by atoms with van der Waals surface area (Å²) in [4.78, 5) is 17.8. The van der Waals surface area contributed by atoms with E-state index in [-0.39, 0.29) is 11.9 Å². The predicted octanol–water partition coefficient (Wildman–Crippen LogP) is 3.40. The highest BCUT2D eigenvalue weighted by molar-refractivity contribution is 7.10. The van der Waals surface area contributed by atoms with E-state index in [0.717, 1.165) is 18.7 Å². The van der Waals surface area contributed by atoms with E-state index in [0.29, 0.717) is 11.4 Å². The Bertz CT molecular complexity index is 884. The molecule has 1 aliphatic rings. The van der Waals surface area contributed by atoms with E-state index < -0.39 is 0 Å². The summed E-state index contributed by atoms with van der Waals surface area (Å²) in [6.07, 6.45) is 0.912. The van der Waals surface area contributed by atoms with E-state index in [2.05, 4.69) is 28.6 Å². The fourth-order valence-corrected chi connectivity index (χ4v) is 4.14. The van der Waals surface area contributed by atoms with Crippen LogP contribution >= 0.6 is 11.3 Å². The topological polar surface area (TPSA) is 51.0 Å². The van der Waals surface area contributed by atoms with Crippen LogP contribution in [0.2, 0.25) is 0 Å². The largest absolute Gasteiger partial charge is 0.330 e. The van der Waals surface area contributed by atoms with Crippen molar-refractivity contribution in [2.24, 2.45) is 0 Å². The van der Waals surface area contributed by atoms with E-state index >= 15 is 0 Å². The summed E-state index contributed by atoms with van der Waals surface area (Å²) in [5, 5.41) is 11.0. The maximum absolute atomic E-state index is 13.0. The van der Waals surface area contributed by atoms with Gasteiger partial charge in [-0.05, 0) is 49.4 Å². The summed E-state index contributed by atoms with van der Waals surface area (Å²) in [5.74, 6) is -0.0426. The normalized spacial score (nSPS) is 16.9. The van der Waals surface area contributed by atoms with Gasteiger partial charge in [0.2, 0.25) is 0 Å². The van der Waals surface area contributed by atoms with Crippen LogP contribution < -0.4 is 0 Å². The van der Waals surface area contributed by atoms with Gasteiger partial charge >= 0.3 is 0 Å². The molecule has 1 aromatic carbocycles. The molecule has 0 bridgehead atoms. The summed E-state index contributed by atoms with van der Waals surface area (Å²) in [6.45, 7) is 4.65. The van der Waals surface area contributed by atoms with Crippen LogP contribution in [0.5, 0.6) is 0 Å². The zero-order valence-electron chi connectivity index (χ0n) is 13.6. The predicted molar refractivity (Wildman–Crippen MR) is 93.6 cm³/mol. The van der Waals surface area contributed by atoms with Crippen molar-refractivity contribution in [3.05, 3.63) is 63.6 Å². The molecule has 2 aromatic heterocycles. The Labute approximate surface area is 144 Å². The Hall–Kier alpha value is -2.47. The highest BCUT2D eigenvalue weighted by atomic mass is 32.1. The Morgan fingerprint density at radius 3 is 2.79 bits per heavy atom. The second kappa shape index (κ2) is 5.87. The molecule has 4 rings (SSSR count). The van der Waals surface area contributed by atoms with Gasteiger partial charge in [-0.25, -0.2) is 0 Å². The molecule has 1 atom stereocenters. The second-order valence-corrected chi connectivity index (χ2v) is 6.98. The number of aryl methyl sites for hydroxylation is 1. The number of aromatic nitrogens is 3. The van der Waals surface area contributed by atoms with E-state index in [4.69, 9.17) is 0 Å². The van der Waals surface area contributed by atoms with Gasteiger partial charge in [-0.1, -0.05) is 18.2 Å². The van der Waals surface area contributed by atoms with Crippen LogP contribution in [0, 0.1) is 6.92 Å². The summed E-state index contributed by atoms with van der Waals surface area (Å²) in [6, 6.07) is 11.9. The van der Waals surface area contributed by atoms with Gasteiger partial charge < -0.3 is 4.90 Å². The Balaban J connectivity index is 1.65. The molecule has 0 aliphatic carbocycles. The van der Waals surface area contributed by atoms with E-state index in [1.54, 1.807) is 11.3 Å². The fraction of sp³-hybridized carbons (Fsp3) is 0.278. The number of rotatable bonds is 2. The van der Waals surface area contributed by atoms with Crippen LogP contribution in [0.1, 0.15) is 39.6 Å². The van der Waals surface area contributed by atoms with Crippen LogP contribution in [0.4, 0.5) is 0 Å². The van der Waals surface area contributed by atoms with Crippen molar-refractivity contribution < 1.29 is 4.79 Å². The lowest BCUT2D eigenvalue weighted by molar-refractivity contribution is 0.0672.